The summed E-state index contributed by atoms with van der Waals surface area (Å²) < 4.78 is 5.61. The van der Waals surface area contributed by atoms with Crippen molar-refractivity contribution in [2.24, 2.45) is 5.73 Å². The van der Waals surface area contributed by atoms with Crippen LogP contribution in [-0.2, 0) is 6.61 Å². The molecule has 0 atom stereocenters. The van der Waals surface area contributed by atoms with Gasteiger partial charge in [0.1, 0.15) is 12.4 Å². The van der Waals surface area contributed by atoms with Crippen LogP contribution in [0.4, 0.5) is 0 Å². The maximum Gasteiger partial charge on any atom is 0.139 e. The molecule has 2 aromatic rings. The maximum absolute atomic E-state index is 5.61. The van der Waals surface area contributed by atoms with Crippen LogP contribution >= 0.6 is 0 Å². The number of aromatic nitrogens is 2. The van der Waals surface area contributed by atoms with Crippen molar-refractivity contribution < 1.29 is 4.74 Å². The third-order valence-corrected chi connectivity index (χ3v) is 2.18. The summed E-state index contributed by atoms with van der Waals surface area (Å²) in [5.41, 5.74) is 7.12. The van der Waals surface area contributed by atoms with Crippen molar-refractivity contribution >= 4 is 0 Å². The summed E-state index contributed by atoms with van der Waals surface area (Å²) in [6, 6.07) is 5.67. The summed E-state index contributed by atoms with van der Waals surface area (Å²) in [6.45, 7) is 0.796. The SMILES string of the molecule is NCC#Cc1cncc(OCc2cccnc2)c1. The van der Waals surface area contributed by atoms with Gasteiger partial charge in [-0.2, -0.15) is 0 Å². The second-order valence-corrected chi connectivity index (χ2v) is 3.57. The summed E-state index contributed by atoms with van der Waals surface area (Å²) in [4.78, 5) is 8.09. The van der Waals surface area contributed by atoms with Gasteiger partial charge < -0.3 is 10.5 Å². The van der Waals surface area contributed by atoms with E-state index in [0.717, 1.165) is 11.1 Å². The first-order valence-corrected chi connectivity index (χ1v) is 5.54. The van der Waals surface area contributed by atoms with Crippen LogP contribution in [0.3, 0.4) is 0 Å². The van der Waals surface area contributed by atoms with Crippen molar-refractivity contribution in [1.82, 2.24) is 9.97 Å². The molecule has 0 bridgehead atoms. The predicted molar refractivity (Wildman–Crippen MR) is 68.7 cm³/mol. The molecule has 0 saturated heterocycles. The highest BCUT2D eigenvalue weighted by Gasteiger charge is 1.97. The van der Waals surface area contributed by atoms with E-state index >= 15 is 0 Å². The molecule has 0 aromatic carbocycles. The molecule has 18 heavy (non-hydrogen) atoms. The van der Waals surface area contributed by atoms with Crippen molar-refractivity contribution in [3.05, 3.63) is 54.1 Å². The van der Waals surface area contributed by atoms with Crippen molar-refractivity contribution in [3.63, 3.8) is 0 Å². The minimum Gasteiger partial charge on any atom is -0.487 e. The fraction of sp³-hybridized carbons (Fsp3) is 0.143. The largest absolute Gasteiger partial charge is 0.487 e. The Labute approximate surface area is 106 Å². The highest BCUT2D eigenvalue weighted by atomic mass is 16.5. The highest BCUT2D eigenvalue weighted by Crippen LogP contribution is 2.12. The van der Waals surface area contributed by atoms with E-state index < -0.39 is 0 Å². The van der Waals surface area contributed by atoms with Gasteiger partial charge in [-0.25, -0.2) is 0 Å². The second-order valence-electron chi connectivity index (χ2n) is 3.57. The first-order chi connectivity index (χ1) is 8.88. The van der Waals surface area contributed by atoms with E-state index in [1.807, 2.05) is 18.2 Å². The van der Waals surface area contributed by atoms with E-state index in [4.69, 9.17) is 10.5 Å². The van der Waals surface area contributed by atoms with E-state index in [2.05, 4.69) is 21.8 Å². The van der Waals surface area contributed by atoms with Gasteiger partial charge in [0.25, 0.3) is 0 Å². The molecule has 90 valence electrons. The molecule has 2 rings (SSSR count). The summed E-state index contributed by atoms with van der Waals surface area (Å²) in [5, 5.41) is 0. The molecule has 2 aromatic heterocycles. The Bertz CT molecular complexity index is 558. The molecule has 2 N–H and O–H groups in total. The van der Waals surface area contributed by atoms with E-state index in [0.29, 0.717) is 18.9 Å². The molecule has 4 heteroatoms. The number of hydrogen-bond donors (Lipinski definition) is 1. The smallest absolute Gasteiger partial charge is 0.139 e. The molecule has 0 aliphatic rings. The highest BCUT2D eigenvalue weighted by molar-refractivity contribution is 5.36. The Balaban J connectivity index is 2.01. The first-order valence-electron chi connectivity index (χ1n) is 5.54. The number of hydrogen-bond acceptors (Lipinski definition) is 4. The van der Waals surface area contributed by atoms with Crippen LogP contribution in [0.15, 0.2) is 43.0 Å². The lowest BCUT2D eigenvalue weighted by atomic mass is 10.3. The minimum absolute atomic E-state index is 0.334. The lowest BCUT2D eigenvalue weighted by molar-refractivity contribution is 0.304. The molecule has 0 aliphatic heterocycles. The van der Waals surface area contributed by atoms with Crippen LogP contribution in [0.1, 0.15) is 11.1 Å². The van der Waals surface area contributed by atoms with Gasteiger partial charge in [0.05, 0.1) is 12.7 Å². The molecular weight excluding hydrogens is 226 g/mol. The fourth-order valence-corrected chi connectivity index (χ4v) is 1.37. The van der Waals surface area contributed by atoms with Crippen LogP contribution in [0.5, 0.6) is 5.75 Å². The van der Waals surface area contributed by atoms with Crippen LogP contribution in [0.2, 0.25) is 0 Å². The van der Waals surface area contributed by atoms with Gasteiger partial charge in [0.2, 0.25) is 0 Å². The topological polar surface area (TPSA) is 61.0 Å². The van der Waals surface area contributed by atoms with Gasteiger partial charge >= 0.3 is 0 Å². The van der Waals surface area contributed by atoms with Gasteiger partial charge in [0, 0.05) is 29.7 Å². The number of nitrogens with zero attached hydrogens (tertiary/aromatic N) is 2. The van der Waals surface area contributed by atoms with Crippen LogP contribution in [0.25, 0.3) is 0 Å². The molecule has 0 spiro atoms. The van der Waals surface area contributed by atoms with Crippen molar-refractivity contribution in [1.29, 1.82) is 0 Å². The molecule has 0 radical (unpaired) electrons. The summed E-state index contributed by atoms with van der Waals surface area (Å²) in [6.07, 6.45) is 6.84. The van der Waals surface area contributed by atoms with Gasteiger partial charge in [-0.3, -0.25) is 9.97 Å². The molecule has 0 unspecified atom stereocenters. The average molecular weight is 239 g/mol. The Morgan fingerprint density at radius 1 is 1.22 bits per heavy atom. The van der Waals surface area contributed by atoms with Crippen LogP contribution in [0, 0.1) is 11.8 Å². The molecule has 0 aliphatic carbocycles. The van der Waals surface area contributed by atoms with Crippen molar-refractivity contribution in [2.45, 2.75) is 6.61 Å². The standard InChI is InChI=1S/C14H13N3O/c15-5-1-3-12-7-14(10-17-8-12)18-11-13-4-2-6-16-9-13/h2,4,6-10H,5,11,15H2. The normalized spacial score (nSPS) is 9.39. The lowest BCUT2D eigenvalue weighted by Crippen LogP contribution is -1.97. The molecule has 0 amide bonds. The van der Waals surface area contributed by atoms with Crippen LogP contribution < -0.4 is 10.5 Å². The number of rotatable bonds is 3. The zero-order valence-electron chi connectivity index (χ0n) is 9.84. The first kappa shape index (κ1) is 12.1. The maximum atomic E-state index is 5.61. The monoisotopic (exact) mass is 239 g/mol. The Kier molecular flexibility index (Phi) is 4.28. The van der Waals surface area contributed by atoms with Crippen molar-refractivity contribution in [2.75, 3.05) is 6.54 Å². The van der Waals surface area contributed by atoms with Gasteiger partial charge in [0.15, 0.2) is 0 Å². The zero-order chi connectivity index (χ0) is 12.6. The van der Waals surface area contributed by atoms with Gasteiger partial charge in [-0.1, -0.05) is 17.9 Å². The number of ether oxygens (including phenoxy) is 1. The third kappa shape index (κ3) is 3.58. The molecule has 4 nitrogen and oxygen atoms in total. The van der Waals surface area contributed by atoms with E-state index in [-0.39, 0.29) is 0 Å². The Morgan fingerprint density at radius 3 is 2.94 bits per heavy atom. The van der Waals surface area contributed by atoms with Crippen molar-refractivity contribution in [3.8, 4) is 17.6 Å². The molecule has 0 fully saturated rings. The fourth-order valence-electron chi connectivity index (χ4n) is 1.37. The number of pyridine rings is 2. The molecule has 2 heterocycles. The molecular formula is C14H13N3O. The van der Waals surface area contributed by atoms with E-state index in [1.165, 1.54) is 0 Å². The van der Waals surface area contributed by atoms with Gasteiger partial charge in [-0.15, -0.1) is 0 Å². The zero-order valence-corrected chi connectivity index (χ0v) is 9.84. The average Bonchev–Trinajstić information content (AvgIpc) is 2.44. The van der Waals surface area contributed by atoms with Gasteiger partial charge in [-0.05, 0) is 12.1 Å². The Hall–Kier alpha value is -2.38. The summed E-state index contributed by atoms with van der Waals surface area (Å²) in [7, 11) is 0. The second kappa shape index (κ2) is 6.38. The lowest BCUT2D eigenvalue weighted by Gasteiger charge is -2.05. The van der Waals surface area contributed by atoms with E-state index in [9.17, 15) is 0 Å². The van der Waals surface area contributed by atoms with E-state index in [1.54, 1.807) is 24.8 Å². The predicted octanol–water partition coefficient (Wildman–Crippen LogP) is 1.37. The quantitative estimate of drug-likeness (QED) is 0.822. The number of nitrogens with two attached hydrogens (primary N) is 1. The minimum atomic E-state index is 0.334. The third-order valence-electron chi connectivity index (χ3n) is 2.18. The van der Waals surface area contributed by atoms with Crippen LogP contribution in [-0.4, -0.2) is 16.5 Å². The Morgan fingerprint density at radius 2 is 2.17 bits per heavy atom. The molecule has 0 saturated carbocycles. The summed E-state index contributed by atoms with van der Waals surface area (Å²) in [5.74, 6) is 6.37. The summed E-state index contributed by atoms with van der Waals surface area (Å²) >= 11 is 0.